The molecule has 0 saturated carbocycles. The fraction of sp³-hybridized carbons (Fsp3) is 0.333. The Bertz CT molecular complexity index is 496. The second-order valence-electron chi connectivity index (χ2n) is 4.19. The van der Waals surface area contributed by atoms with E-state index in [1.54, 1.807) is 17.0 Å². The molecule has 1 aromatic carbocycles. The standard InChI is InChI=1S/C12H15N3O2S.ClH/c1-8-2-3-9(13)4-10(8)14-11(16)5-15-7-18-6-12(15)17;/h2-4H,5-7,13H2,1H3,(H,14,16);1H. The first-order valence-electron chi connectivity index (χ1n) is 5.58. The number of carbonyl (C=O) groups is 2. The van der Waals surface area contributed by atoms with Crippen molar-refractivity contribution in [1.29, 1.82) is 0 Å². The van der Waals surface area contributed by atoms with Crippen LogP contribution in [-0.4, -0.2) is 34.9 Å². The zero-order valence-corrected chi connectivity index (χ0v) is 12.1. The third-order valence-corrected chi connectivity index (χ3v) is 3.64. The van der Waals surface area contributed by atoms with E-state index in [0.717, 1.165) is 5.56 Å². The van der Waals surface area contributed by atoms with Gasteiger partial charge in [-0.25, -0.2) is 0 Å². The highest BCUT2D eigenvalue weighted by Crippen LogP contribution is 2.19. The lowest BCUT2D eigenvalue weighted by molar-refractivity contribution is -0.130. The molecule has 2 amide bonds. The first-order valence-corrected chi connectivity index (χ1v) is 6.73. The van der Waals surface area contributed by atoms with Crippen LogP contribution in [0.1, 0.15) is 5.56 Å². The molecule has 0 aliphatic carbocycles. The highest BCUT2D eigenvalue weighted by molar-refractivity contribution is 8.00. The molecule has 19 heavy (non-hydrogen) atoms. The number of benzene rings is 1. The van der Waals surface area contributed by atoms with Crippen LogP contribution in [0, 0.1) is 6.92 Å². The van der Waals surface area contributed by atoms with Crippen molar-refractivity contribution in [2.24, 2.45) is 0 Å². The van der Waals surface area contributed by atoms with Gasteiger partial charge in [0.05, 0.1) is 11.6 Å². The molecule has 1 aromatic rings. The van der Waals surface area contributed by atoms with E-state index in [1.807, 2.05) is 13.0 Å². The van der Waals surface area contributed by atoms with Crippen molar-refractivity contribution < 1.29 is 9.59 Å². The fourth-order valence-electron chi connectivity index (χ4n) is 1.68. The van der Waals surface area contributed by atoms with Crippen molar-refractivity contribution >= 4 is 47.4 Å². The van der Waals surface area contributed by atoms with Crippen LogP contribution in [0.2, 0.25) is 0 Å². The number of aryl methyl sites for hydroxylation is 1. The van der Waals surface area contributed by atoms with Crippen molar-refractivity contribution in [1.82, 2.24) is 4.90 Å². The number of nitrogen functional groups attached to an aromatic ring is 1. The van der Waals surface area contributed by atoms with Gasteiger partial charge in [0.25, 0.3) is 0 Å². The van der Waals surface area contributed by atoms with Gasteiger partial charge in [-0.1, -0.05) is 6.07 Å². The van der Waals surface area contributed by atoms with Crippen LogP contribution < -0.4 is 11.1 Å². The van der Waals surface area contributed by atoms with Crippen LogP contribution in [0.15, 0.2) is 18.2 Å². The summed E-state index contributed by atoms with van der Waals surface area (Å²) in [5.41, 5.74) is 7.91. The van der Waals surface area contributed by atoms with Crippen molar-refractivity contribution in [2.75, 3.05) is 29.2 Å². The number of halogens is 1. The average Bonchev–Trinajstić information content (AvgIpc) is 2.70. The maximum absolute atomic E-state index is 11.8. The molecule has 7 heteroatoms. The van der Waals surface area contributed by atoms with Gasteiger partial charge in [0.2, 0.25) is 11.8 Å². The summed E-state index contributed by atoms with van der Waals surface area (Å²) in [4.78, 5) is 24.8. The molecule has 3 N–H and O–H groups in total. The highest BCUT2D eigenvalue weighted by atomic mass is 35.5. The van der Waals surface area contributed by atoms with Gasteiger partial charge in [0, 0.05) is 11.4 Å². The van der Waals surface area contributed by atoms with E-state index >= 15 is 0 Å². The van der Waals surface area contributed by atoms with E-state index in [4.69, 9.17) is 5.73 Å². The van der Waals surface area contributed by atoms with E-state index in [0.29, 0.717) is 23.0 Å². The third-order valence-electron chi connectivity index (χ3n) is 2.70. The molecule has 1 saturated heterocycles. The molecule has 5 nitrogen and oxygen atoms in total. The molecular weight excluding hydrogens is 286 g/mol. The number of anilines is 2. The van der Waals surface area contributed by atoms with Gasteiger partial charge >= 0.3 is 0 Å². The molecule has 0 radical (unpaired) electrons. The molecule has 0 unspecified atom stereocenters. The number of nitrogens with zero attached hydrogens (tertiary/aromatic N) is 1. The number of hydrogen-bond acceptors (Lipinski definition) is 4. The lowest BCUT2D eigenvalue weighted by Gasteiger charge is -2.15. The molecule has 0 spiro atoms. The van der Waals surface area contributed by atoms with Gasteiger partial charge in [0.1, 0.15) is 6.54 Å². The Labute approximate surface area is 122 Å². The summed E-state index contributed by atoms with van der Waals surface area (Å²) < 4.78 is 0. The predicted octanol–water partition coefficient (Wildman–Crippen LogP) is 1.47. The summed E-state index contributed by atoms with van der Waals surface area (Å²) in [6, 6.07) is 5.35. The molecule has 1 fully saturated rings. The lowest BCUT2D eigenvalue weighted by atomic mass is 10.2. The average molecular weight is 302 g/mol. The van der Waals surface area contributed by atoms with E-state index in [2.05, 4.69) is 5.32 Å². The van der Waals surface area contributed by atoms with Crippen LogP contribution in [0.25, 0.3) is 0 Å². The number of amides is 2. The first-order chi connectivity index (χ1) is 8.56. The SMILES string of the molecule is Cc1ccc(N)cc1NC(=O)CN1CSCC1=O.Cl. The van der Waals surface area contributed by atoms with Crippen molar-refractivity contribution in [3.63, 3.8) is 0 Å². The van der Waals surface area contributed by atoms with Crippen LogP contribution in [-0.2, 0) is 9.59 Å². The normalized spacial score (nSPS) is 14.2. The fourth-order valence-corrected chi connectivity index (χ4v) is 2.58. The van der Waals surface area contributed by atoms with E-state index < -0.39 is 0 Å². The summed E-state index contributed by atoms with van der Waals surface area (Å²) in [6.45, 7) is 1.99. The third kappa shape index (κ3) is 4.04. The second-order valence-corrected chi connectivity index (χ2v) is 5.15. The number of thioether (sulfide) groups is 1. The van der Waals surface area contributed by atoms with E-state index in [1.165, 1.54) is 11.8 Å². The van der Waals surface area contributed by atoms with Crippen LogP contribution in [0.5, 0.6) is 0 Å². The zero-order valence-electron chi connectivity index (χ0n) is 10.5. The molecule has 2 rings (SSSR count). The van der Waals surface area contributed by atoms with Crippen LogP contribution >= 0.6 is 24.2 Å². The van der Waals surface area contributed by atoms with Crippen LogP contribution in [0.4, 0.5) is 11.4 Å². The number of nitrogens with two attached hydrogens (primary N) is 1. The van der Waals surface area contributed by atoms with Gasteiger partial charge in [-0.15, -0.1) is 24.2 Å². The topological polar surface area (TPSA) is 75.4 Å². The van der Waals surface area contributed by atoms with Crippen LogP contribution in [0.3, 0.4) is 0 Å². The highest BCUT2D eigenvalue weighted by Gasteiger charge is 2.22. The van der Waals surface area contributed by atoms with Gasteiger partial charge in [-0.2, -0.15) is 0 Å². The monoisotopic (exact) mass is 301 g/mol. The summed E-state index contributed by atoms with van der Waals surface area (Å²) in [5.74, 6) is 0.867. The molecular formula is C12H16ClN3O2S. The number of carbonyl (C=O) groups excluding carboxylic acids is 2. The van der Waals surface area contributed by atoms with E-state index in [-0.39, 0.29) is 30.8 Å². The number of rotatable bonds is 3. The zero-order chi connectivity index (χ0) is 13.1. The molecule has 1 aliphatic rings. The molecule has 1 aliphatic heterocycles. The minimum absolute atomic E-state index is 0. The van der Waals surface area contributed by atoms with E-state index in [9.17, 15) is 9.59 Å². The Morgan fingerprint density at radius 3 is 2.89 bits per heavy atom. The Morgan fingerprint density at radius 1 is 1.53 bits per heavy atom. The molecule has 0 aromatic heterocycles. The number of nitrogens with one attached hydrogen (secondary N) is 1. The minimum Gasteiger partial charge on any atom is -0.399 e. The summed E-state index contributed by atoms with van der Waals surface area (Å²) in [5, 5.41) is 2.78. The smallest absolute Gasteiger partial charge is 0.244 e. The largest absolute Gasteiger partial charge is 0.399 e. The Balaban J connectivity index is 0.00000180. The van der Waals surface area contributed by atoms with Crippen molar-refractivity contribution in [3.8, 4) is 0 Å². The van der Waals surface area contributed by atoms with Gasteiger partial charge in [-0.05, 0) is 24.6 Å². The Hall–Kier alpha value is -1.40. The maximum atomic E-state index is 11.8. The second kappa shape index (κ2) is 6.68. The summed E-state index contributed by atoms with van der Waals surface area (Å²) in [7, 11) is 0. The van der Waals surface area contributed by atoms with Crippen molar-refractivity contribution in [3.05, 3.63) is 23.8 Å². The molecule has 0 atom stereocenters. The molecule has 104 valence electrons. The quantitative estimate of drug-likeness (QED) is 0.829. The summed E-state index contributed by atoms with van der Waals surface area (Å²) >= 11 is 1.52. The molecule has 0 bridgehead atoms. The summed E-state index contributed by atoms with van der Waals surface area (Å²) in [6.07, 6.45) is 0. The first kappa shape index (κ1) is 15.7. The Kier molecular flexibility index (Phi) is 5.50. The lowest BCUT2D eigenvalue weighted by Crippen LogP contribution is -2.34. The van der Waals surface area contributed by atoms with Gasteiger partial charge in [-0.3, -0.25) is 9.59 Å². The Morgan fingerprint density at radius 2 is 2.26 bits per heavy atom. The molecule has 1 heterocycles. The maximum Gasteiger partial charge on any atom is 0.244 e. The number of hydrogen-bond donors (Lipinski definition) is 2. The van der Waals surface area contributed by atoms with Gasteiger partial charge in [0.15, 0.2) is 0 Å². The van der Waals surface area contributed by atoms with Crippen molar-refractivity contribution in [2.45, 2.75) is 6.92 Å². The van der Waals surface area contributed by atoms with Gasteiger partial charge < -0.3 is 16.0 Å². The minimum atomic E-state index is -0.195. The predicted molar refractivity (Wildman–Crippen MR) is 80.5 cm³/mol.